The van der Waals surface area contributed by atoms with Crippen molar-refractivity contribution in [1.82, 2.24) is 0 Å². The van der Waals surface area contributed by atoms with Crippen LogP contribution in [0.3, 0.4) is 0 Å². The molecule has 1 aromatic carbocycles. The van der Waals surface area contributed by atoms with Crippen molar-refractivity contribution in [1.29, 1.82) is 0 Å². The molecule has 3 N–H and O–H groups in total. The molecular formula is C7H8O4. The fourth-order valence-corrected chi connectivity index (χ4v) is 0.777. The van der Waals surface area contributed by atoms with Gasteiger partial charge in [-0.05, 0) is 18.6 Å². The van der Waals surface area contributed by atoms with Gasteiger partial charge >= 0.3 is 0 Å². The predicted molar refractivity (Wildman–Crippen MR) is 37.8 cm³/mol. The van der Waals surface area contributed by atoms with Gasteiger partial charge in [-0.3, -0.25) is 0 Å². The number of hydrogen-bond acceptors (Lipinski definition) is 4. The highest BCUT2D eigenvalue weighted by Crippen LogP contribution is 2.37. The lowest BCUT2D eigenvalue weighted by molar-refractivity contribution is -0.139. The minimum atomic E-state index is -0.451. The lowest BCUT2D eigenvalue weighted by Crippen LogP contribution is -1.87. The van der Waals surface area contributed by atoms with Gasteiger partial charge in [0.25, 0.3) is 0 Å². The summed E-state index contributed by atoms with van der Waals surface area (Å²) in [5.41, 5.74) is 0.544. The summed E-state index contributed by atoms with van der Waals surface area (Å²) in [6.07, 6.45) is 0. The van der Waals surface area contributed by atoms with Crippen LogP contribution >= 0.6 is 0 Å². The summed E-state index contributed by atoms with van der Waals surface area (Å²) in [7, 11) is 0. The smallest absolute Gasteiger partial charge is 0.213 e. The van der Waals surface area contributed by atoms with Crippen LogP contribution in [0.15, 0.2) is 12.1 Å². The van der Waals surface area contributed by atoms with Crippen molar-refractivity contribution in [3.05, 3.63) is 17.7 Å². The Morgan fingerprint density at radius 2 is 1.91 bits per heavy atom. The first-order valence-electron chi connectivity index (χ1n) is 2.99. The molecule has 0 aliphatic rings. The van der Waals surface area contributed by atoms with Crippen LogP contribution in [0.4, 0.5) is 0 Å². The molecular weight excluding hydrogens is 148 g/mol. The van der Waals surface area contributed by atoms with E-state index in [2.05, 4.69) is 4.89 Å². The SMILES string of the molecule is Cc1ccc(O)c(O)c1OO. The van der Waals surface area contributed by atoms with Gasteiger partial charge in [0.2, 0.25) is 11.5 Å². The van der Waals surface area contributed by atoms with Crippen molar-refractivity contribution in [2.75, 3.05) is 0 Å². The molecule has 0 aromatic heterocycles. The van der Waals surface area contributed by atoms with Crippen LogP contribution in [-0.4, -0.2) is 15.5 Å². The first-order chi connectivity index (χ1) is 5.16. The van der Waals surface area contributed by atoms with Crippen LogP contribution in [0.25, 0.3) is 0 Å². The van der Waals surface area contributed by atoms with Gasteiger partial charge < -0.3 is 15.1 Å². The van der Waals surface area contributed by atoms with Crippen molar-refractivity contribution in [3.8, 4) is 17.2 Å². The third kappa shape index (κ3) is 1.20. The summed E-state index contributed by atoms with van der Waals surface area (Å²) in [6.45, 7) is 1.63. The van der Waals surface area contributed by atoms with E-state index in [0.717, 1.165) is 0 Å². The Balaban J connectivity index is 3.29. The first kappa shape index (κ1) is 7.68. The zero-order chi connectivity index (χ0) is 8.43. The Morgan fingerprint density at radius 1 is 1.27 bits per heavy atom. The van der Waals surface area contributed by atoms with Crippen molar-refractivity contribution < 1.29 is 20.4 Å². The average molecular weight is 156 g/mol. The Morgan fingerprint density at radius 3 is 2.36 bits per heavy atom. The Kier molecular flexibility index (Phi) is 1.87. The molecule has 0 unspecified atom stereocenters. The lowest BCUT2D eigenvalue weighted by Gasteiger charge is -2.04. The predicted octanol–water partition coefficient (Wildman–Crippen LogP) is 1.26. The molecule has 0 amide bonds. The molecule has 4 heteroatoms. The second kappa shape index (κ2) is 2.67. The Hall–Kier alpha value is -1.42. The van der Waals surface area contributed by atoms with Crippen molar-refractivity contribution in [2.24, 2.45) is 0 Å². The highest BCUT2D eigenvalue weighted by atomic mass is 17.1. The van der Waals surface area contributed by atoms with E-state index in [1.807, 2.05) is 0 Å². The zero-order valence-electron chi connectivity index (χ0n) is 5.90. The Bertz CT molecular complexity index is 269. The quantitative estimate of drug-likeness (QED) is 0.325. The normalized spacial score (nSPS) is 9.64. The maximum absolute atomic E-state index is 9.04. The highest BCUT2D eigenvalue weighted by molar-refractivity contribution is 5.53. The molecule has 0 saturated carbocycles. The molecule has 0 bridgehead atoms. The van der Waals surface area contributed by atoms with Gasteiger partial charge in [-0.15, -0.1) is 0 Å². The monoisotopic (exact) mass is 156 g/mol. The lowest BCUT2D eigenvalue weighted by atomic mass is 10.2. The number of aryl methyl sites for hydroxylation is 1. The van der Waals surface area contributed by atoms with E-state index >= 15 is 0 Å². The van der Waals surface area contributed by atoms with E-state index in [4.69, 9.17) is 15.5 Å². The van der Waals surface area contributed by atoms with E-state index in [-0.39, 0.29) is 11.5 Å². The summed E-state index contributed by atoms with van der Waals surface area (Å²) >= 11 is 0. The average Bonchev–Trinajstić information content (AvgIpc) is 1.99. The second-order valence-electron chi connectivity index (χ2n) is 2.17. The minimum absolute atomic E-state index is 0.120. The molecule has 0 aliphatic heterocycles. The maximum Gasteiger partial charge on any atom is 0.213 e. The topological polar surface area (TPSA) is 69.9 Å². The third-order valence-electron chi connectivity index (χ3n) is 1.40. The van der Waals surface area contributed by atoms with E-state index in [1.54, 1.807) is 6.92 Å². The molecule has 0 fully saturated rings. The van der Waals surface area contributed by atoms with Crippen LogP contribution in [0, 0.1) is 6.92 Å². The fraction of sp³-hybridized carbons (Fsp3) is 0.143. The molecule has 0 atom stereocenters. The van der Waals surface area contributed by atoms with E-state index < -0.39 is 5.75 Å². The standard InChI is InChI=1S/C7H8O4/c1-4-2-3-5(8)6(9)7(4)11-10/h2-3,8-10H,1H3. The van der Waals surface area contributed by atoms with E-state index in [0.29, 0.717) is 5.56 Å². The number of phenols is 2. The van der Waals surface area contributed by atoms with E-state index in [9.17, 15) is 0 Å². The number of aromatic hydroxyl groups is 2. The maximum atomic E-state index is 9.04. The zero-order valence-corrected chi connectivity index (χ0v) is 5.90. The largest absolute Gasteiger partial charge is 0.504 e. The molecule has 4 nitrogen and oxygen atoms in total. The number of rotatable bonds is 1. The van der Waals surface area contributed by atoms with Crippen LogP contribution in [0.1, 0.15) is 5.56 Å². The molecule has 0 spiro atoms. The summed E-state index contributed by atoms with van der Waals surface area (Å²) in [6, 6.07) is 2.83. The van der Waals surface area contributed by atoms with Crippen molar-refractivity contribution >= 4 is 0 Å². The van der Waals surface area contributed by atoms with Crippen LogP contribution < -0.4 is 4.89 Å². The summed E-state index contributed by atoms with van der Waals surface area (Å²) < 4.78 is 0. The highest BCUT2D eigenvalue weighted by Gasteiger charge is 2.10. The van der Waals surface area contributed by atoms with E-state index in [1.165, 1.54) is 12.1 Å². The van der Waals surface area contributed by atoms with Crippen LogP contribution in [0.2, 0.25) is 0 Å². The van der Waals surface area contributed by atoms with Gasteiger partial charge in [0.1, 0.15) is 0 Å². The molecule has 1 rings (SSSR count). The third-order valence-corrected chi connectivity index (χ3v) is 1.40. The fourth-order valence-electron chi connectivity index (χ4n) is 0.777. The van der Waals surface area contributed by atoms with Gasteiger partial charge in [0.05, 0.1) is 0 Å². The second-order valence-corrected chi connectivity index (χ2v) is 2.17. The van der Waals surface area contributed by atoms with Crippen LogP contribution in [-0.2, 0) is 0 Å². The first-order valence-corrected chi connectivity index (χ1v) is 2.99. The summed E-state index contributed by atoms with van der Waals surface area (Å²) in [5, 5.41) is 26.2. The molecule has 1 aromatic rings. The molecule has 11 heavy (non-hydrogen) atoms. The number of benzene rings is 1. The summed E-state index contributed by atoms with van der Waals surface area (Å²) in [5.74, 6) is -0.892. The summed E-state index contributed by atoms with van der Waals surface area (Å²) in [4.78, 5) is 3.85. The van der Waals surface area contributed by atoms with Gasteiger partial charge in [-0.1, -0.05) is 6.07 Å². The Labute approximate surface area is 63.2 Å². The molecule has 0 saturated heterocycles. The van der Waals surface area contributed by atoms with Gasteiger partial charge in [-0.25, -0.2) is 5.26 Å². The molecule has 60 valence electrons. The van der Waals surface area contributed by atoms with Gasteiger partial charge in [0.15, 0.2) is 5.75 Å². The van der Waals surface area contributed by atoms with Gasteiger partial charge in [0, 0.05) is 0 Å². The number of hydrogen-bond donors (Lipinski definition) is 3. The molecule has 0 heterocycles. The van der Waals surface area contributed by atoms with Crippen LogP contribution in [0.5, 0.6) is 17.2 Å². The molecule has 0 aliphatic carbocycles. The minimum Gasteiger partial charge on any atom is -0.504 e. The van der Waals surface area contributed by atoms with Gasteiger partial charge in [-0.2, -0.15) is 0 Å². The number of phenolic OH excluding ortho intramolecular Hbond substituents is 2. The van der Waals surface area contributed by atoms with Crippen molar-refractivity contribution in [3.63, 3.8) is 0 Å². The molecule has 0 radical (unpaired) electrons. The van der Waals surface area contributed by atoms with Crippen molar-refractivity contribution in [2.45, 2.75) is 6.92 Å².